The summed E-state index contributed by atoms with van der Waals surface area (Å²) in [4.78, 5) is 3.58. The van der Waals surface area contributed by atoms with Crippen molar-refractivity contribution in [3.63, 3.8) is 0 Å². The summed E-state index contributed by atoms with van der Waals surface area (Å²) in [5.41, 5.74) is 0. The van der Waals surface area contributed by atoms with E-state index in [1.54, 1.807) is 14.2 Å². The largest absolute Gasteiger partial charge is 0.358 e. The fraction of sp³-hybridized carbons (Fsp3) is 1.00. The normalized spacial score (nSPS) is 11.6. The number of nitrogens with one attached hydrogen (secondary N) is 1. The molecule has 0 aromatic carbocycles. The lowest BCUT2D eigenvalue weighted by Gasteiger charge is -2.23. The molecule has 0 amide bonds. The first-order valence-electron chi connectivity index (χ1n) is 5.45. The second-order valence-electron chi connectivity index (χ2n) is 3.36. The van der Waals surface area contributed by atoms with Gasteiger partial charge < -0.3 is 14.5 Å². The van der Waals surface area contributed by atoms with E-state index in [4.69, 9.17) is 9.47 Å². The molecular weight excluding hydrogens is 194 g/mol. The molecule has 3 nitrogen and oxygen atoms in total. The van der Waals surface area contributed by atoms with Crippen LogP contribution in [0.1, 0.15) is 33.1 Å². The maximum atomic E-state index is 5.31. The molecular formula is C10H24NO2Si. The van der Waals surface area contributed by atoms with E-state index in [0.717, 1.165) is 6.54 Å². The first-order chi connectivity index (χ1) is 6.79. The maximum absolute atomic E-state index is 5.31. The van der Waals surface area contributed by atoms with Gasteiger partial charge in [0.15, 0.2) is 5.91 Å². The summed E-state index contributed by atoms with van der Waals surface area (Å²) in [6.45, 7) is 5.50. The van der Waals surface area contributed by atoms with Crippen LogP contribution in [0.2, 0.25) is 6.04 Å². The molecule has 1 N–H and O–H groups in total. The van der Waals surface area contributed by atoms with Gasteiger partial charge in [0.1, 0.15) is 0 Å². The lowest BCUT2D eigenvalue weighted by atomic mass is 10.3. The number of methoxy groups -OCH3 is 2. The molecule has 0 aromatic heterocycles. The second kappa shape index (κ2) is 9.64. The molecule has 0 aliphatic carbocycles. The van der Waals surface area contributed by atoms with Crippen molar-refractivity contribution in [3.05, 3.63) is 0 Å². The number of ether oxygens (including phenoxy) is 2. The minimum absolute atomic E-state index is 0.0168. The Morgan fingerprint density at radius 2 is 1.79 bits per heavy atom. The average Bonchev–Trinajstić information content (AvgIpc) is 2.20. The fourth-order valence-electron chi connectivity index (χ4n) is 1.37. The highest BCUT2D eigenvalue weighted by Crippen LogP contribution is 2.04. The van der Waals surface area contributed by atoms with Crippen LogP contribution >= 0.6 is 0 Å². The Hall–Kier alpha value is 0.0969. The van der Waals surface area contributed by atoms with E-state index in [1.165, 1.54) is 25.3 Å². The zero-order chi connectivity index (χ0) is 10.8. The molecule has 0 unspecified atom stereocenters. The molecule has 0 heterocycles. The van der Waals surface area contributed by atoms with Gasteiger partial charge in [-0.25, -0.2) is 0 Å². The van der Waals surface area contributed by atoms with E-state index < -0.39 is 8.96 Å². The number of hydrogen-bond acceptors (Lipinski definition) is 3. The molecule has 0 saturated heterocycles. The Kier molecular flexibility index (Phi) is 9.71. The predicted molar refractivity (Wildman–Crippen MR) is 61.6 cm³/mol. The van der Waals surface area contributed by atoms with Gasteiger partial charge in [-0.3, -0.25) is 0 Å². The average molecular weight is 218 g/mol. The summed E-state index contributed by atoms with van der Waals surface area (Å²) in [6.07, 6.45) is 3.66. The van der Waals surface area contributed by atoms with E-state index in [9.17, 15) is 0 Å². The third kappa shape index (κ3) is 5.75. The van der Waals surface area contributed by atoms with Crippen LogP contribution in [0.4, 0.5) is 0 Å². The number of rotatable bonds is 9. The van der Waals surface area contributed by atoms with Crippen molar-refractivity contribution in [3.8, 4) is 0 Å². The monoisotopic (exact) mass is 218 g/mol. The highest BCUT2D eigenvalue weighted by atomic mass is 28.3. The molecule has 0 spiro atoms. The van der Waals surface area contributed by atoms with Crippen molar-refractivity contribution in [1.82, 2.24) is 4.98 Å². The number of unbranched alkanes of at least 4 members (excludes halogenated alkanes) is 1. The van der Waals surface area contributed by atoms with Crippen molar-refractivity contribution in [2.75, 3.05) is 20.8 Å². The Balaban J connectivity index is 3.85. The van der Waals surface area contributed by atoms with Crippen LogP contribution in [0.25, 0.3) is 0 Å². The summed E-state index contributed by atoms with van der Waals surface area (Å²) in [5.74, 6) is -0.0168. The lowest BCUT2D eigenvalue weighted by Crippen LogP contribution is -2.47. The molecule has 0 bridgehead atoms. The Morgan fingerprint density at radius 1 is 1.14 bits per heavy atom. The van der Waals surface area contributed by atoms with E-state index in [2.05, 4.69) is 18.8 Å². The summed E-state index contributed by atoms with van der Waals surface area (Å²) < 4.78 is 10.6. The zero-order valence-electron chi connectivity index (χ0n) is 9.93. The molecule has 0 fully saturated rings. The highest BCUT2D eigenvalue weighted by Gasteiger charge is 2.22. The van der Waals surface area contributed by atoms with Crippen LogP contribution in [0.15, 0.2) is 0 Å². The Morgan fingerprint density at radius 3 is 2.21 bits per heavy atom. The fourth-order valence-corrected chi connectivity index (χ4v) is 3.55. The van der Waals surface area contributed by atoms with Gasteiger partial charge in [0.25, 0.3) is 0 Å². The molecule has 14 heavy (non-hydrogen) atoms. The van der Waals surface area contributed by atoms with E-state index in [1.807, 2.05) is 0 Å². The molecule has 0 aliphatic heterocycles. The summed E-state index contributed by atoms with van der Waals surface area (Å²) >= 11 is 0. The molecule has 85 valence electrons. The van der Waals surface area contributed by atoms with Crippen LogP contribution in [-0.2, 0) is 9.47 Å². The van der Waals surface area contributed by atoms with E-state index in [-0.39, 0.29) is 5.91 Å². The van der Waals surface area contributed by atoms with Gasteiger partial charge in [0.05, 0.1) is 0 Å². The van der Waals surface area contributed by atoms with Crippen LogP contribution in [0, 0.1) is 0 Å². The third-order valence-corrected chi connectivity index (χ3v) is 4.90. The second-order valence-corrected chi connectivity index (χ2v) is 5.73. The van der Waals surface area contributed by atoms with Crippen LogP contribution in [-0.4, -0.2) is 35.6 Å². The van der Waals surface area contributed by atoms with Crippen molar-refractivity contribution in [2.24, 2.45) is 0 Å². The van der Waals surface area contributed by atoms with Crippen LogP contribution in [0.5, 0.6) is 0 Å². The Labute approximate surface area is 89.9 Å². The molecule has 0 atom stereocenters. The van der Waals surface area contributed by atoms with E-state index >= 15 is 0 Å². The van der Waals surface area contributed by atoms with Gasteiger partial charge in [-0.15, -0.1) is 0 Å². The standard InChI is InChI=1S/C10H24NO2Si/c1-5-7-8-11-14(9-6-2)10(12-3)13-4/h10-11H,5-9H2,1-4H3. The molecule has 1 radical (unpaired) electrons. The third-order valence-electron chi connectivity index (χ3n) is 2.11. The molecule has 0 aliphatic rings. The Bertz CT molecular complexity index is 121. The van der Waals surface area contributed by atoms with Gasteiger partial charge in [-0.2, -0.15) is 0 Å². The smallest absolute Gasteiger partial charge is 0.203 e. The molecule has 0 rings (SSSR count). The quantitative estimate of drug-likeness (QED) is 0.364. The summed E-state index contributed by atoms with van der Waals surface area (Å²) in [5, 5.41) is 0. The molecule has 0 saturated carbocycles. The van der Waals surface area contributed by atoms with Crippen molar-refractivity contribution >= 4 is 8.96 Å². The SMILES string of the molecule is CCCCN[Si](CCC)C(OC)OC. The minimum Gasteiger partial charge on any atom is -0.358 e. The highest BCUT2D eigenvalue weighted by molar-refractivity contribution is 6.57. The first kappa shape index (κ1) is 14.1. The van der Waals surface area contributed by atoms with Crippen molar-refractivity contribution < 1.29 is 9.47 Å². The van der Waals surface area contributed by atoms with Gasteiger partial charge in [-0.05, 0) is 19.0 Å². The van der Waals surface area contributed by atoms with Crippen LogP contribution in [0.3, 0.4) is 0 Å². The van der Waals surface area contributed by atoms with E-state index in [0.29, 0.717) is 0 Å². The van der Waals surface area contributed by atoms with Crippen molar-refractivity contribution in [2.45, 2.75) is 45.1 Å². The minimum atomic E-state index is -0.703. The van der Waals surface area contributed by atoms with Gasteiger partial charge in [0, 0.05) is 14.2 Å². The molecule has 4 heteroatoms. The van der Waals surface area contributed by atoms with Gasteiger partial charge in [0.2, 0.25) is 8.96 Å². The van der Waals surface area contributed by atoms with Crippen LogP contribution < -0.4 is 4.98 Å². The first-order valence-corrected chi connectivity index (χ1v) is 7.23. The topological polar surface area (TPSA) is 30.5 Å². The predicted octanol–water partition coefficient (Wildman–Crippen LogP) is 1.94. The summed E-state index contributed by atoms with van der Waals surface area (Å²) in [6, 6.07) is 1.20. The zero-order valence-corrected chi connectivity index (χ0v) is 10.9. The molecule has 0 aromatic rings. The number of hydrogen-bond donors (Lipinski definition) is 1. The van der Waals surface area contributed by atoms with Crippen molar-refractivity contribution in [1.29, 1.82) is 0 Å². The van der Waals surface area contributed by atoms with Gasteiger partial charge >= 0.3 is 0 Å². The summed E-state index contributed by atoms with van der Waals surface area (Å²) in [7, 11) is 2.73. The lowest BCUT2D eigenvalue weighted by molar-refractivity contribution is -0.0486. The van der Waals surface area contributed by atoms with Gasteiger partial charge in [-0.1, -0.05) is 26.7 Å². The maximum Gasteiger partial charge on any atom is 0.203 e.